The molecule has 0 radical (unpaired) electrons. The molecule has 0 bridgehead atoms. The van der Waals surface area contributed by atoms with Crippen LogP contribution in [0.3, 0.4) is 0 Å². The molecule has 1 fully saturated rings. The van der Waals surface area contributed by atoms with Crippen LogP contribution in [0.15, 0.2) is 48.7 Å². The third-order valence-electron chi connectivity index (χ3n) is 4.17. The molecule has 2 heterocycles. The predicted molar refractivity (Wildman–Crippen MR) is 85.6 cm³/mol. The van der Waals surface area contributed by atoms with Gasteiger partial charge in [0.25, 0.3) is 0 Å². The number of rotatable bonds is 4. The van der Waals surface area contributed by atoms with Crippen LogP contribution in [0.25, 0.3) is 0 Å². The number of para-hydroxylation sites is 1. The van der Waals surface area contributed by atoms with Gasteiger partial charge in [-0.2, -0.15) is 0 Å². The first-order valence-corrected chi connectivity index (χ1v) is 7.80. The Kier molecular flexibility index (Phi) is 4.59. The van der Waals surface area contributed by atoms with Gasteiger partial charge in [0, 0.05) is 25.8 Å². The average molecular weight is 316 g/mol. The van der Waals surface area contributed by atoms with Gasteiger partial charge >= 0.3 is 0 Å². The lowest BCUT2D eigenvalue weighted by atomic mass is 9.91. The molecule has 2 atom stereocenters. The van der Waals surface area contributed by atoms with Gasteiger partial charge in [-0.1, -0.05) is 18.2 Å². The van der Waals surface area contributed by atoms with E-state index in [-0.39, 0.29) is 11.9 Å². The molecular formula is C18H21FN2O2. The molecule has 5 heteroatoms. The maximum Gasteiger partial charge on any atom is 0.146 e. The summed E-state index contributed by atoms with van der Waals surface area (Å²) in [5.41, 5.74) is -0.593. The molecule has 1 aromatic heterocycles. The number of aliphatic hydroxyl groups is 1. The van der Waals surface area contributed by atoms with Crippen molar-refractivity contribution in [3.63, 3.8) is 0 Å². The van der Waals surface area contributed by atoms with Crippen LogP contribution in [0.2, 0.25) is 0 Å². The van der Waals surface area contributed by atoms with Crippen molar-refractivity contribution in [1.82, 2.24) is 9.88 Å². The minimum absolute atomic E-state index is 0.283. The topological polar surface area (TPSA) is 45.6 Å². The summed E-state index contributed by atoms with van der Waals surface area (Å²) in [5, 5.41) is 10.7. The highest BCUT2D eigenvalue weighted by atomic mass is 19.1. The number of aromatic nitrogens is 1. The number of piperidine rings is 1. The van der Waals surface area contributed by atoms with Gasteiger partial charge in [-0.3, -0.25) is 9.88 Å². The van der Waals surface area contributed by atoms with E-state index in [0.717, 1.165) is 12.3 Å². The van der Waals surface area contributed by atoms with Gasteiger partial charge in [-0.15, -0.1) is 0 Å². The van der Waals surface area contributed by atoms with E-state index in [1.54, 1.807) is 19.2 Å². The van der Waals surface area contributed by atoms with Crippen LogP contribution in [0.5, 0.6) is 5.75 Å². The quantitative estimate of drug-likeness (QED) is 0.942. The summed E-state index contributed by atoms with van der Waals surface area (Å²) in [6, 6.07) is 12.5. The number of likely N-dealkylation sites (tertiary alicyclic amines) is 1. The Morgan fingerprint density at radius 1 is 1.30 bits per heavy atom. The normalized spacial score (nSPS) is 25.3. The Balaban J connectivity index is 1.64. The van der Waals surface area contributed by atoms with Crippen molar-refractivity contribution in [3.8, 4) is 5.75 Å². The third-order valence-corrected chi connectivity index (χ3v) is 4.17. The number of benzene rings is 1. The summed E-state index contributed by atoms with van der Waals surface area (Å²) in [4.78, 5) is 6.09. The molecule has 2 aromatic rings. The molecule has 1 aromatic carbocycles. The van der Waals surface area contributed by atoms with Crippen molar-refractivity contribution in [2.75, 3.05) is 13.1 Å². The summed E-state index contributed by atoms with van der Waals surface area (Å²) >= 11 is 0. The Morgan fingerprint density at radius 3 is 2.78 bits per heavy atom. The average Bonchev–Trinajstić information content (AvgIpc) is 2.53. The van der Waals surface area contributed by atoms with Gasteiger partial charge in [0.15, 0.2) is 0 Å². The monoisotopic (exact) mass is 316 g/mol. The number of pyridine rings is 1. The summed E-state index contributed by atoms with van der Waals surface area (Å²) in [6.45, 7) is 3.30. The lowest BCUT2D eigenvalue weighted by molar-refractivity contribution is -0.0996. The van der Waals surface area contributed by atoms with Crippen LogP contribution in [-0.4, -0.2) is 39.8 Å². The minimum atomic E-state index is -1.00. The van der Waals surface area contributed by atoms with E-state index < -0.39 is 5.60 Å². The van der Waals surface area contributed by atoms with E-state index in [1.807, 2.05) is 35.2 Å². The fourth-order valence-electron chi connectivity index (χ4n) is 2.98. The van der Waals surface area contributed by atoms with E-state index >= 15 is 0 Å². The minimum Gasteiger partial charge on any atom is -0.487 e. The molecular weight excluding hydrogens is 295 g/mol. The zero-order valence-corrected chi connectivity index (χ0v) is 13.2. The van der Waals surface area contributed by atoms with Crippen LogP contribution in [-0.2, 0) is 6.54 Å². The largest absolute Gasteiger partial charge is 0.487 e. The summed E-state index contributed by atoms with van der Waals surface area (Å²) in [6.07, 6.45) is 1.98. The van der Waals surface area contributed by atoms with Crippen LogP contribution >= 0.6 is 0 Å². The highest BCUT2D eigenvalue weighted by Gasteiger charge is 2.39. The van der Waals surface area contributed by atoms with Crippen LogP contribution in [0, 0.1) is 5.82 Å². The van der Waals surface area contributed by atoms with Gasteiger partial charge in [-0.25, -0.2) is 4.39 Å². The number of ether oxygens (including phenoxy) is 1. The van der Waals surface area contributed by atoms with Gasteiger partial charge in [0.05, 0.1) is 5.69 Å². The molecule has 0 amide bonds. The molecule has 1 aliphatic rings. The Bertz CT molecular complexity index is 648. The van der Waals surface area contributed by atoms with Crippen molar-refractivity contribution in [1.29, 1.82) is 0 Å². The maximum absolute atomic E-state index is 13.7. The molecule has 4 nitrogen and oxygen atoms in total. The highest BCUT2D eigenvalue weighted by molar-refractivity contribution is 5.22. The zero-order chi connectivity index (χ0) is 16.3. The molecule has 23 heavy (non-hydrogen) atoms. The summed E-state index contributed by atoms with van der Waals surface area (Å²) < 4.78 is 19.7. The first-order valence-electron chi connectivity index (χ1n) is 7.80. The number of hydrogen-bond donors (Lipinski definition) is 1. The van der Waals surface area contributed by atoms with Crippen molar-refractivity contribution in [2.24, 2.45) is 0 Å². The number of halogens is 1. The molecule has 1 saturated heterocycles. The number of nitrogens with zero attached hydrogens (tertiary/aromatic N) is 2. The second-order valence-corrected chi connectivity index (χ2v) is 6.21. The highest BCUT2D eigenvalue weighted by Crippen LogP contribution is 2.27. The van der Waals surface area contributed by atoms with E-state index in [9.17, 15) is 9.50 Å². The Hall–Kier alpha value is -1.98. The molecule has 0 aliphatic carbocycles. The molecule has 1 aliphatic heterocycles. The first kappa shape index (κ1) is 15.9. The predicted octanol–water partition coefficient (Wildman–Crippen LogP) is 2.63. The maximum atomic E-state index is 13.7. The summed E-state index contributed by atoms with van der Waals surface area (Å²) in [7, 11) is 0. The standard InChI is InChI=1S/C18H21FN2O2/c1-18(22)13-21(12-16-15(19)8-5-10-20-16)11-9-17(18)23-14-6-3-2-4-7-14/h2-8,10,17,22H,9,11-13H2,1H3/t17-,18-/m0/s1. The molecule has 122 valence electrons. The molecule has 0 saturated carbocycles. The van der Waals surface area contributed by atoms with E-state index in [4.69, 9.17) is 4.74 Å². The molecule has 0 spiro atoms. The van der Waals surface area contributed by atoms with Crippen LogP contribution in [0.4, 0.5) is 4.39 Å². The Morgan fingerprint density at radius 2 is 2.09 bits per heavy atom. The zero-order valence-electron chi connectivity index (χ0n) is 13.2. The van der Waals surface area contributed by atoms with E-state index in [0.29, 0.717) is 25.2 Å². The smallest absolute Gasteiger partial charge is 0.146 e. The Labute approximate surface area is 135 Å². The number of hydrogen-bond acceptors (Lipinski definition) is 4. The molecule has 0 unspecified atom stereocenters. The lowest BCUT2D eigenvalue weighted by Gasteiger charge is -2.42. The van der Waals surface area contributed by atoms with Crippen LogP contribution < -0.4 is 4.74 Å². The van der Waals surface area contributed by atoms with Gasteiger partial charge in [-0.05, 0) is 37.6 Å². The lowest BCUT2D eigenvalue weighted by Crippen LogP contribution is -2.56. The third kappa shape index (κ3) is 3.86. The second-order valence-electron chi connectivity index (χ2n) is 6.21. The SMILES string of the molecule is C[C@]1(O)CN(Cc2ncccc2F)CC[C@@H]1Oc1ccccc1. The fourth-order valence-corrected chi connectivity index (χ4v) is 2.98. The van der Waals surface area contributed by atoms with Gasteiger partial charge < -0.3 is 9.84 Å². The summed E-state index contributed by atoms with van der Waals surface area (Å²) in [5.74, 6) is 0.441. The first-order chi connectivity index (χ1) is 11.0. The van der Waals surface area contributed by atoms with Crippen LogP contribution in [0.1, 0.15) is 19.0 Å². The molecule has 3 rings (SSSR count). The van der Waals surface area contributed by atoms with Crippen molar-refractivity contribution in [2.45, 2.75) is 31.6 Å². The second kappa shape index (κ2) is 6.64. The van der Waals surface area contributed by atoms with Crippen molar-refractivity contribution >= 4 is 0 Å². The van der Waals surface area contributed by atoms with E-state index in [1.165, 1.54) is 6.07 Å². The van der Waals surface area contributed by atoms with E-state index in [2.05, 4.69) is 4.98 Å². The van der Waals surface area contributed by atoms with Crippen molar-refractivity contribution < 1.29 is 14.2 Å². The molecule has 1 N–H and O–H groups in total. The van der Waals surface area contributed by atoms with Gasteiger partial charge in [0.1, 0.15) is 23.3 Å². The van der Waals surface area contributed by atoms with Crippen molar-refractivity contribution in [3.05, 3.63) is 60.2 Å². The van der Waals surface area contributed by atoms with Gasteiger partial charge in [0.2, 0.25) is 0 Å². The fraction of sp³-hybridized carbons (Fsp3) is 0.389. The number of β-amino-alcohol motifs (C(OH)–C–C–N with tert-alkyl or cyclic N) is 1.